The van der Waals surface area contributed by atoms with Crippen molar-refractivity contribution in [3.8, 4) is 5.69 Å². The van der Waals surface area contributed by atoms with Crippen LogP contribution in [-0.2, 0) is 0 Å². The highest BCUT2D eigenvalue weighted by Crippen LogP contribution is 2.45. The van der Waals surface area contributed by atoms with Gasteiger partial charge >= 0.3 is 0 Å². The maximum atomic E-state index is 7.02. The molecule has 0 spiro atoms. The molecule has 2 aliphatic rings. The summed E-state index contributed by atoms with van der Waals surface area (Å²) in [4.78, 5) is 11.8. The Bertz CT molecular complexity index is 1610. The van der Waals surface area contributed by atoms with E-state index in [0.717, 1.165) is 59.9 Å². The lowest BCUT2D eigenvalue weighted by Gasteiger charge is -2.33. The summed E-state index contributed by atoms with van der Waals surface area (Å²) in [5, 5.41) is 5.06. The molecule has 2 fully saturated rings. The maximum absolute atomic E-state index is 7.02. The zero-order valence-electron chi connectivity index (χ0n) is 26.4. The molecular formula is C36H43ClN6S. The number of halogens is 1. The third-order valence-corrected chi connectivity index (χ3v) is 10.1. The molecule has 0 aliphatic carbocycles. The largest absolute Gasteiger partial charge is 0.372 e. The number of hydrogen-bond acceptors (Lipinski definition) is 4. The molecule has 4 heterocycles. The van der Waals surface area contributed by atoms with Gasteiger partial charge in [-0.3, -0.25) is 4.98 Å². The summed E-state index contributed by atoms with van der Waals surface area (Å²) in [5.74, 6) is 0.765. The number of rotatable bonds is 8. The van der Waals surface area contributed by atoms with Crippen LogP contribution in [0.3, 0.4) is 0 Å². The highest BCUT2D eigenvalue weighted by atomic mass is 35.5. The summed E-state index contributed by atoms with van der Waals surface area (Å²) in [6.45, 7) is 15.2. The molecule has 0 unspecified atom stereocenters. The van der Waals surface area contributed by atoms with Gasteiger partial charge in [0.1, 0.15) is 0 Å². The number of aromatic nitrogens is 2. The lowest BCUT2D eigenvalue weighted by atomic mass is 9.96. The minimum Gasteiger partial charge on any atom is -0.372 e. The summed E-state index contributed by atoms with van der Waals surface area (Å²) < 4.78 is 2.35. The van der Waals surface area contributed by atoms with E-state index in [2.05, 4.69) is 114 Å². The van der Waals surface area contributed by atoms with Crippen molar-refractivity contribution >= 4 is 46.0 Å². The average Bonchev–Trinajstić information content (AvgIpc) is 3.53. The van der Waals surface area contributed by atoms with E-state index in [0.29, 0.717) is 5.11 Å². The smallest absolute Gasteiger partial charge is 0.174 e. The summed E-state index contributed by atoms with van der Waals surface area (Å²) in [7, 11) is 0. The molecule has 4 aromatic rings. The quantitative estimate of drug-likeness (QED) is 0.198. The van der Waals surface area contributed by atoms with E-state index in [1.165, 1.54) is 35.5 Å². The van der Waals surface area contributed by atoms with Gasteiger partial charge in [-0.05, 0) is 125 Å². The van der Waals surface area contributed by atoms with Crippen LogP contribution in [0, 0.1) is 19.8 Å². The summed E-state index contributed by atoms with van der Waals surface area (Å²) in [5.41, 5.74) is 9.02. The van der Waals surface area contributed by atoms with Crippen LogP contribution in [0.2, 0.25) is 5.02 Å². The Hall–Kier alpha value is -3.55. The van der Waals surface area contributed by atoms with Gasteiger partial charge in [-0.1, -0.05) is 24.6 Å². The zero-order valence-corrected chi connectivity index (χ0v) is 28.0. The number of hydrogen-bond donors (Lipinski definition) is 1. The number of aryl methyl sites for hydroxylation is 1. The maximum Gasteiger partial charge on any atom is 0.174 e. The lowest BCUT2D eigenvalue weighted by Crippen LogP contribution is -2.33. The molecule has 6 rings (SSSR count). The summed E-state index contributed by atoms with van der Waals surface area (Å²) >= 11 is 13.1. The van der Waals surface area contributed by atoms with Crippen LogP contribution in [-0.4, -0.2) is 40.8 Å². The summed E-state index contributed by atoms with van der Waals surface area (Å²) in [6, 6.07) is 23.5. The van der Waals surface area contributed by atoms with Crippen LogP contribution in [0.15, 0.2) is 72.9 Å². The van der Waals surface area contributed by atoms with Gasteiger partial charge in [0.05, 0.1) is 28.5 Å². The number of anilines is 3. The normalized spacial score (nSPS) is 19.0. The Balaban J connectivity index is 1.40. The van der Waals surface area contributed by atoms with Gasteiger partial charge in [0.2, 0.25) is 0 Å². The number of nitrogens with one attached hydrogen (secondary N) is 1. The first-order valence-corrected chi connectivity index (χ1v) is 16.7. The number of piperidine rings is 1. The molecule has 2 aromatic carbocycles. The van der Waals surface area contributed by atoms with Gasteiger partial charge in [0, 0.05) is 60.8 Å². The van der Waals surface area contributed by atoms with Gasteiger partial charge in [0.25, 0.3) is 0 Å². The second-order valence-electron chi connectivity index (χ2n) is 12.2. The first kappa shape index (κ1) is 30.5. The molecule has 0 radical (unpaired) electrons. The third kappa shape index (κ3) is 5.68. The standard InChI is InChI=1S/C36H43ClN6S/c1-6-40(7-2)27-11-13-28(14-12-27)42-25(4)22-30(26(42)5)35-34(32-10-8-9-19-38-32)39-36(44)43(35)29-15-16-33(31(37)23-29)41-20-17-24(3)18-21-41/h8-16,19,22-24,34-35H,6-7,17-18,20-21H2,1-5H3,(H,39,44)/t34-,35-/m0/s1. The zero-order chi connectivity index (χ0) is 31.0. The van der Waals surface area contributed by atoms with E-state index in [-0.39, 0.29) is 12.1 Å². The third-order valence-electron chi connectivity index (χ3n) is 9.46. The predicted octanol–water partition coefficient (Wildman–Crippen LogP) is 8.40. The van der Waals surface area contributed by atoms with E-state index < -0.39 is 0 Å². The molecule has 0 saturated carbocycles. The van der Waals surface area contributed by atoms with Crippen LogP contribution >= 0.6 is 23.8 Å². The van der Waals surface area contributed by atoms with Gasteiger partial charge in [-0.15, -0.1) is 0 Å². The fourth-order valence-electron chi connectivity index (χ4n) is 6.99. The minimum atomic E-state index is -0.121. The molecule has 0 bridgehead atoms. The first-order chi connectivity index (χ1) is 21.3. The Kier molecular flexibility index (Phi) is 8.88. The van der Waals surface area contributed by atoms with E-state index >= 15 is 0 Å². The van der Waals surface area contributed by atoms with Crippen molar-refractivity contribution in [2.24, 2.45) is 5.92 Å². The number of pyridine rings is 1. The molecular weight excluding hydrogens is 584 g/mol. The van der Waals surface area contributed by atoms with Gasteiger partial charge < -0.3 is 24.6 Å². The van der Waals surface area contributed by atoms with Gasteiger partial charge in [-0.2, -0.15) is 0 Å². The average molecular weight is 627 g/mol. The highest BCUT2D eigenvalue weighted by molar-refractivity contribution is 7.80. The Labute approximate surface area is 272 Å². The van der Waals surface area contributed by atoms with Crippen LogP contribution in [0.1, 0.15) is 68.3 Å². The molecule has 44 heavy (non-hydrogen) atoms. The van der Waals surface area contributed by atoms with Crippen molar-refractivity contribution in [1.29, 1.82) is 0 Å². The van der Waals surface area contributed by atoms with Crippen LogP contribution in [0.25, 0.3) is 5.69 Å². The minimum absolute atomic E-state index is 0.106. The number of nitrogens with zero attached hydrogens (tertiary/aromatic N) is 5. The second-order valence-corrected chi connectivity index (χ2v) is 12.9. The molecule has 0 amide bonds. The fourth-order valence-corrected chi connectivity index (χ4v) is 7.63. The molecule has 2 saturated heterocycles. The van der Waals surface area contributed by atoms with Crippen LogP contribution in [0.5, 0.6) is 0 Å². The van der Waals surface area contributed by atoms with Crippen LogP contribution < -0.4 is 20.0 Å². The van der Waals surface area contributed by atoms with E-state index in [1.807, 2.05) is 18.3 Å². The number of benzene rings is 2. The Morgan fingerprint density at radius 3 is 2.30 bits per heavy atom. The van der Waals surface area contributed by atoms with Crippen LogP contribution in [0.4, 0.5) is 17.1 Å². The van der Waals surface area contributed by atoms with Crippen molar-refractivity contribution in [2.75, 3.05) is 40.9 Å². The lowest BCUT2D eigenvalue weighted by molar-refractivity contribution is 0.438. The molecule has 1 N–H and O–H groups in total. The fraction of sp³-hybridized carbons (Fsp3) is 0.389. The first-order valence-electron chi connectivity index (χ1n) is 15.9. The van der Waals surface area contributed by atoms with Gasteiger partial charge in [-0.25, -0.2) is 0 Å². The van der Waals surface area contributed by atoms with E-state index in [1.54, 1.807) is 0 Å². The van der Waals surface area contributed by atoms with Crippen molar-refractivity contribution in [3.05, 3.63) is 101 Å². The molecule has 8 heteroatoms. The monoisotopic (exact) mass is 626 g/mol. The summed E-state index contributed by atoms with van der Waals surface area (Å²) in [6.07, 6.45) is 4.24. The Morgan fingerprint density at radius 2 is 1.66 bits per heavy atom. The number of thiocarbonyl (C=S) groups is 1. The second kappa shape index (κ2) is 12.8. The Morgan fingerprint density at radius 1 is 0.955 bits per heavy atom. The molecule has 230 valence electrons. The molecule has 2 aliphatic heterocycles. The highest BCUT2D eigenvalue weighted by Gasteiger charge is 2.42. The van der Waals surface area contributed by atoms with Gasteiger partial charge in [0.15, 0.2) is 5.11 Å². The topological polar surface area (TPSA) is 39.6 Å². The van der Waals surface area contributed by atoms with Crippen molar-refractivity contribution < 1.29 is 0 Å². The SMILES string of the molecule is CCN(CC)c1ccc(-n2c(C)cc([C@H]3[C@H](c4ccccn4)NC(=S)N3c3ccc(N4CCC(C)CC4)c(Cl)c3)c2C)cc1. The predicted molar refractivity (Wildman–Crippen MR) is 189 cm³/mol. The molecule has 2 aromatic heterocycles. The molecule has 2 atom stereocenters. The van der Waals surface area contributed by atoms with Crippen molar-refractivity contribution in [1.82, 2.24) is 14.9 Å². The van der Waals surface area contributed by atoms with E-state index in [4.69, 9.17) is 28.8 Å². The molecule has 6 nitrogen and oxygen atoms in total. The van der Waals surface area contributed by atoms with Crippen molar-refractivity contribution in [3.63, 3.8) is 0 Å². The van der Waals surface area contributed by atoms with E-state index in [9.17, 15) is 0 Å². The van der Waals surface area contributed by atoms with Crippen molar-refractivity contribution in [2.45, 2.75) is 59.5 Å².